The highest BCUT2D eigenvalue weighted by Crippen LogP contribution is 2.35. The van der Waals surface area contributed by atoms with Crippen molar-refractivity contribution in [1.82, 2.24) is 20.1 Å². The van der Waals surface area contributed by atoms with Crippen LogP contribution in [0.3, 0.4) is 0 Å². The zero-order chi connectivity index (χ0) is 17.1. The molecule has 0 unspecified atom stereocenters. The molecule has 0 bridgehead atoms. The topological polar surface area (TPSA) is 80.0 Å². The van der Waals surface area contributed by atoms with Crippen molar-refractivity contribution in [2.75, 3.05) is 29.9 Å². The van der Waals surface area contributed by atoms with Gasteiger partial charge in [0.1, 0.15) is 5.82 Å². The minimum Gasteiger partial charge on any atom is -0.369 e. The van der Waals surface area contributed by atoms with Crippen molar-refractivity contribution in [3.05, 3.63) is 23.5 Å². The summed E-state index contributed by atoms with van der Waals surface area (Å²) in [5, 5.41) is 7.50. The highest BCUT2D eigenvalue weighted by molar-refractivity contribution is 5.44. The van der Waals surface area contributed by atoms with Gasteiger partial charge in [0.2, 0.25) is 11.8 Å². The molecule has 1 aliphatic heterocycles. The average molecular weight is 342 g/mol. The molecule has 7 nitrogen and oxygen atoms in total. The number of aryl methyl sites for hydroxylation is 1. The molecule has 2 aliphatic rings. The van der Waals surface area contributed by atoms with Gasteiger partial charge in [-0.3, -0.25) is 0 Å². The second kappa shape index (κ2) is 7.37. The molecule has 0 amide bonds. The van der Waals surface area contributed by atoms with Crippen LogP contribution in [0, 0.1) is 0 Å². The molecule has 2 fully saturated rings. The Morgan fingerprint density at radius 3 is 2.72 bits per heavy atom. The maximum Gasteiger partial charge on any atom is 0.229 e. The quantitative estimate of drug-likeness (QED) is 0.828. The number of rotatable bonds is 7. The summed E-state index contributed by atoms with van der Waals surface area (Å²) in [6.45, 7) is 4.98. The first kappa shape index (κ1) is 16.3. The average Bonchev–Trinajstić information content (AvgIpc) is 3.25. The van der Waals surface area contributed by atoms with Gasteiger partial charge >= 0.3 is 0 Å². The lowest BCUT2D eigenvalue weighted by atomic mass is 9.85. The summed E-state index contributed by atoms with van der Waals surface area (Å²) < 4.78 is 5.37. The molecule has 134 valence electrons. The predicted molar refractivity (Wildman–Crippen MR) is 95.9 cm³/mol. The fourth-order valence-electron chi connectivity index (χ4n) is 3.31. The number of anilines is 2. The Morgan fingerprint density at radius 2 is 2.00 bits per heavy atom. The Kier molecular flexibility index (Phi) is 4.81. The third-order valence-electron chi connectivity index (χ3n) is 5.11. The minimum atomic E-state index is 0.492. The van der Waals surface area contributed by atoms with Crippen LogP contribution in [0.1, 0.15) is 62.4 Å². The van der Waals surface area contributed by atoms with Crippen LogP contribution < -0.4 is 10.2 Å². The number of aromatic nitrogens is 4. The molecule has 2 aromatic heterocycles. The van der Waals surface area contributed by atoms with Gasteiger partial charge < -0.3 is 14.7 Å². The number of nitrogens with one attached hydrogen (secondary N) is 1. The van der Waals surface area contributed by atoms with E-state index in [1.807, 2.05) is 6.07 Å². The van der Waals surface area contributed by atoms with Crippen molar-refractivity contribution < 1.29 is 4.52 Å². The minimum absolute atomic E-state index is 0.492. The summed E-state index contributed by atoms with van der Waals surface area (Å²) in [4.78, 5) is 16.2. The van der Waals surface area contributed by atoms with E-state index in [9.17, 15) is 0 Å². The largest absolute Gasteiger partial charge is 0.369 e. The van der Waals surface area contributed by atoms with Crippen LogP contribution in [0.4, 0.5) is 11.8 Å². The molecule has 1 saturated heterocycles. The van der Waals surface area contributed by atoms with Crippen molar-refractivity contribution in [1.29, 1.82) is 0 Å². The molecule has 1 aliphatic carbocycles. The van der Waals surface area contributed by atoms with E-state index in [0.29, 0.717) is 5.92 Å². The first-order valence-corrected chi connectivity index (χ1v) is 9.51. The van der Waals surface area contributed by atoms with E-state index in [0.717, 1.165) is 61.7 Å². The summed E-state index contributed by atoms with van der Waals surface area (Å²) in [5.74, 6) is 3.82. The molecule has 4 rings (SSSR count). The molecular weight excluding hydrogens is 316 g/mol. The smallest absolute Gasteiger partial charge is 0.229 e. The third-order valence-corrected chi connectivity index (χ3v) is 5.11. The SMILES string of the molecule is CCc1cc(NCCc2noc(C3CCC3)n2)nc(N2CCCC2)n1. The summed E-state index contributed by atoms with van der Waals surface area (Å²) in [5.41, 5.74) is 1.08. The monoisotopic (exact) mass is 342 g/mol. The Balaban J connectivity index is 1.36. The number of nitrogens with zero attached hydrogens (tertiary/aromatic N) is 5. The molecule has 1 N–H and O–H groups in total. The predicted octanol–water partition coefficient (Wildman–Crippen LogP) is 2.94. The molecule has 1 saturated carbocycles. The van der Waals surface area contributed by atoms with Crippen molar-refractivity contribution in [3.8, 4) is 0 Å². The van der Waals surface area contributed by atoms with Crippen LogP contribution >= 0.6 is 0 Å². The molecule has 3 heterocycles. The van der Waals surface area contributed by atoms with Crippen LogP contribution in [0.5, 0.6) is 0 Å². The van der Waals surface area contributed by atoms with Crippen molar-refractivity contribution in [2.45, 2.75) is 57.8 Å². The summed E-state index contributed by atoms with van der Waals surface area (Å²) >= 11 is 0. The first-order chi connectivity index (χ1) is 12.3. The molecule has 7 heteroatoms. The molecule has 0 radical (unpaired) electrons. The maximum atomic E-state index is 5.37. The molecule has 0 atom stereocenters. The zero-order valence-electron chi connectivity index (χ0n) is 14.9. The van der Waals surface area contributed by atoms with E-state index >= 15 is 0 Å². The second-order valence-electron chi connectivity index (χ2n) is 6.95. The van der Waals surface area contributed by atoms with E-state index in [1.54, 1.807) is 0 Å². The summed E-state index contributed by atoms with van der Waals surface area (Å²) in [6.07, 6.45) is 7.73. The van der Waals surface area contributed by atoms with E-state index in [1.165, 1.54) is 32.1 Å². The molecule has 0 aromatic carbocycles. The van der Waals surface area contributed by atoms with Gasteiger partial charge in [0, 0.05) is 43.7 Å². The number of hydrogen-bond acceptors (Lipinski definition) is 7. The van der Waals surface area contributed by atoms with Gasteiger partial charge in [-0.25, -0.2) is 4.98 Å². The fourth-order valence-corrected chi connectivity index (χ4v) is 3.31. The lowest BCUT2D eigenvalue weighted by molar-refractivity contribution is 0.291. The van der Waals surface area contributed by atoms with Gasteiger partial charge in [0.15, 0.2) is 5.82 Å². The van der Waals surface area contributed by atoms with Crippen LogP contribution in [0.25, 0.3) is 0 Å². The van der Waals surface area contributed by atoms with Crippen molar-refractivity contribution in [2.24, 2.45) is 0 Å². The zero-order valence-corrected chi connectivity index (χ0v) is 14.9. The van der Waals surface area contributed by atoms with E-state index < -0.39 is 0 Å². The molecule has 25 heavy (non-hydrogen) atoms. The van der Waals surface area contributed by atoms with Crippen LogP contribution in [0.15, 0.2) is 10.6 Å². The standard InChI is InChI=1S/C18H26N6O/c1-2-14-12-16(22-18(20-14)24-10-3-4-11-24)19-9-8-15-21-17(25-23-15)13-6-5-7-13/h12-13H,2-11H2,1H3,(H,19,20,22). The molecule has 2 aromatic rings. The number of hydrogen-bond donors (Lipinski definition) is 1. The Hall–Kier alpha value is -2.18. The van der Waals surface area contributed by atoms with E-state index in [-0.39, 0.29) is 0 Å². The van der Waals surface area contributed by atoms with Crippen molar-refractivity contribution >= 4 is 11.8 Å². The fraction of sp³-hybridized carbons (Fsp3) is 0.667. The summed E-state index contributed by atoms with van der Waals surface area (Å²) in [7, 11) is 0. The third kappa shape index (κ3) is 3.75. The second-order valence-corrected chi connectivity index (χ2v) is 6.95. The van der Waals surface area contributed by atoms with Gasteiger partial charge in [-0.15, -0.1) is 0 Å². The van der Waals surface area contributed by atoms with Crippen molar-refractivity contribution in [3.63, 3.8) is 0 Å². The van der Waals surface area contributed by atoms with Crippen LogP contribution in [-0.4, -0.2) is 39.7 Å². The van der Waals surface area contributed by atoms with Crippen LogP contribution in [0.2, 0.25) is 0 Å². The highest BCUT2D eigenvalue weighted by Gasteiger charge is 2.25. The highest BCUT2D eigenvalue weighted by atomic mass is 16.5. The Bertz CT molecular complexity index is 705. The maximum absolute atomic E-state index is 5.37. The Morgan fingerprint density at radius 1 is 1.16 bits per heavy atom. The molecular formula is C18H26N6O. The van der Waals surface area contributed by atoms with Gasteiger partial charge in [-0.2, -0.15) is 9.97 Å². The normalized spacial score (nSPS) is 17.7. The van der Waals surface area contributed by atoms with Gasteiger partial charge in [-0.05, 0) is 32.1 Å². The Labute approximate surface area is 148 Å². The lowest BCUT2D eigenvalue weighted by Crippen LogP contribution is -2.21. The lowest BCUT2D eigenvalue weighted by Gasteiger charge is -2.20. The first-order valence-electron chi connectivity index (χ1n) is 9.51. The summed E-state index contributed by atoms with van der Waals surface area (Å²) in [6, 6.07) is 2.04. The van der Waals surface area contributed by atoms with Crippen LogP contribution in [-0.2, 0) is 12.8 Å². The van der Waals surface area contributed by atoms with E-state index in [2.05, 4.69) is 37.2 Å². The van der Waals surface area contributed by atoms with E-state index in [4.69, 9.17) is 4.52 Å². The van der Waals surface area contributed by atoms with Gasteiger partial charge in [0.25, 0.3) is 0 Å². The van der Waals surface area contributed by atoms with Gasteiger partial charge in [0.05, 0.1) is 0 Å². The molecule has 0 spiro atoms. The van der Waals surface area contributed by atoms with Gasteiger partial charge in [-0.1, -0.05) is 18.5 Å².